The third kappa shape index (κ3) is 2.97. The van der Waals surface area contributed by atoms with Crippen LogP contribution in [0.5, 0.6) is 0 Å². The number of fused-ring (bicyclic) bond motifs is 2. The first-order chi connectivity index (χ1) is 15.7. The van der Waals surface area contributed by atoms with Gasteiger partial charge in [0.2, 0.25) is 0 Å². The Morgan fingerprint density at radius 2 is 1.91 bits per heavy atom. The van der Waals surface area contributed by atoms with Gasteiger partial charge in [0, 0.05) is 6.42 Å². The Morgan fingerprint density at radius 3 is 2.52 bits per heavy atom. The van der Waals surface area contributed by atoms with Crippen LogP contribution in [0.3, 0.4) is 0 Å². The summed E-state index contributed by atoms with van der Waals surface area (Å²) < 4.78 is 27.6. The van der Waals surface area contributed by atoms with Crippen LogP contribution in [0.25, 0.3) is 11.2 Å². The number of nitrogens with two attached hydrogens (primary N) is 1. The van der Waals surface area contributed by atoms with Gasteiger partial charge in [-0.25, -0.2) is 28.9 Å². The van der Waals surface area contributed by atoms with E-state index < -0.39 is 54.2 Å². The highest BCUT2D eigenvalue weighted by Gasteiger charge is 2.80. The SMILES string of the molecule is Nc1ncnc2c1ncn2[C@@H]1O[C@@H]2C(OC(Cc3ccccc3)(C(=O)O)C(=O)O)[C@]2(O)[C@@H]1F. The van der Waals surface area contributed by atoms with Crippen molar-refractivity contribution in [2.45, 2.75) is 42.2 Å². The van der Waals surface area contributed by atoms with E-state index in [-0.39, 0.29) is 17.0 Å². The van der Waals surface area contributed by atoms with Crippen molar-refractivity contribution in [2.75, 3.05) is 5.73 Å². The molecule has 13 heteroatoms. The summed E-state index contributed by atoms with van der Waals surface area (Å²) in [5.41, 5.74) is 1.48. The van der Waals surface area contributed by atoms with E-state index >= 15 is 4.39 Å². The molecule has 1 aliphatic carbocycles. The molecule has 1 aliphatic heterocycles. The number of alkyl halides is 1. The van der Waals surface area contributed by atoms with E-state index in [9.17, 15) is 24.9 Å². The van der Waals surface area contributed by atoms with E-state index in [1.165, 1.54) is 23.0 Å². The van der Waals surface area contributed by atoms with E-state index in [0.29, 0.717) is 5.56 Å². The number of anilines is 1. The number of aliphatic carboxylic acids is 2. The molecule has 2 fully saturated rings. The number of hydrogen-bond donors (Lipinski definition) is 4. The quantitative estimate of drug-likeness (QED) is 0.347. The van der Waals surface area contributed by atoms with E-state index in [0.717, 1.165) is 6.33 Å². The summed E-state index contributed by atoms with van der Waals surface area (Å²) in [4.78, 5) is 35.8. The highest BCUT2D eigenvalue weighted by molar-refractivity contribution is 6.02. The zero-order valence-electron chi connectivity index (χ0n) is 16.8. The number of carbonyl (C=O) groups is 2. The maximum Gasteiger partial charge on any atom is 0.348 e. The van der Waals surface area contributed by atoms with E-state index in [4.69, 9.17) is 15.2 Å². The van der Waals surface area contributed by atoms with Gasteiger partial charge in [0.05, 0.1) is 6.33 Å². The largest absolute Gasteiger partial charge is 0.479 e. The number of aliphatic hydroxyl groups is 1. The van der Waals surface area contributed by atoms with E-state index in [2.05, 4.69) is 15.0 Å². The molecule has 2 aromatic heterocycles. The summed E-state index contributed by atoms with van der Waals surface area (Å²) in [5.74, 6) is -3.50. The summed E-state index contributed by atoms with van der Waals surface area (Å²) in [7, 11) is 0. The van der Waals surface area contributed by atoms with Gasteiger partial charge in [-0.1, -0.05) is 30.3 Å². The minimum Gasteiger partial charge on any atom is -0.479 e. The number of nitrogens with zero attached hydrogens (tertiary/aromatic N) is 4. The zero-order chi connectivity index (χ0) is 23.5. The Hall–Kier alpha value is -3.68. The lowest BCUT2D eigenvalue weighted by atomic mass is 9.94. The molecule has 1 unspecified atom stereocenters. The van der Waals surface area contributed by atoms with Crippen molar-refractivity contribution < 1.29 is 38.8 Å². The Balaban J connectivity index is 1.41. The first-order valence-corrected chi connectivity index (χ1v) is 9.83. The fourth-order valence-electron chi connectivity index (χ4n) is 4.18. The van der Waals surface area contributed by atoms with Gasteiger partial charge < -0.3 is 30.5 Å². The molecule has 1 saturated heterocycles. The monoisotopic (exact) mass is 459 g/mol. The van der Waals surface area contributed by atoms with Gasteiger partial charge in [-0.2, -0.15) is 0 Å². The highest BCUT2D eigenvalue weighted by Crippen LogP contribution is 2.58. The zero-order valence-corrected chi connectivity index (χ0v) is 16.8. The number of halogens is 1. The summed E-state index contributed by atoms with van der Waals surface area (Å²) >= 11 is 0. The summed E-state index contributed by atoms with van der Waals surface area (Å²) in [6, 6.07) is 7.98. The third-order valence-corrected chi connectivity index (χ3v) is 6.03. The number of carboxylic acid groups (broad SMARTS) is 2. The minimum absolute atomic E-state index is 0.0749. The van der Waals surface area contributed by atoms with Crippen LogP contribution in [0.4, 0.5) is 10.2 Å². The van der Waals surface area contributed by atoms with Crippen molar-refractivity contribution in [3.63, 3.8) is 0 Å². The number of rotatable bonds is 7. The van der Waals surface area contributed by atoms with Gasteiger partial charge in [-0.15, -0.1) is 0 Å². The molecule has 12 nitrogen and oxygen atoms in total. The maximum absolute atomic E-state index is 15.4. The first kappa shape index (κ1) is 21.2. The minimum atomic E-state index is -2.76. The van der Waals surface area contributed by atoms with Crippen molar-refractivity contribution in [3.05, 3.63) is 48.5 Å². The number of ether oxygens (including phenoxy) is 2. The Labute approximate surface area is 184 Å². The molecular formula is C20H18FN5O7. The summed E-state index contributed by atoms with van der Waals surface area (Å²) in [6.45, 7) is 0. The first-order valence-electron chi connectivity index (χ1n) is 9.83. The fraction of sp³-hybridized carbons (Fsp3) is 0.350. The van der Waals surface area contributed by atoms with Gasteiger partial charge in [0.1, 0.15) is 24.1 Å². The Kier molecular flexibility index (Phi) is 4.60. The molecule has 0 bridgehead atoms. The van der Waals surface area contributed by atoms with Gasteiger partial charge >= 0.3 is 11.9 Å². The topological polar surface area (TPSA) is 183 Å². The second-order valence-corrected chi connectivity index (χ2v) is 7.96. The number of nitrogen functional groups attached to an aromatic ring is 1. The molecule has 1 aromatic carbocycles. The predicted molar refractivity (Wildman–Crippen MR) is 107 cm³/mol. The van der Waals surface area contributed by atoms with Crippen LogP contribution >= 0.6 is 0 Å². The predicted octanol–water partition coefficient (Wildman–Crippen LogP) is -0.0754. The number of carboxylic acids is 2. The number of imidazole rings is 1. The lowest BCUT2D eigenvalue weighted by molar-refractivity contribution is -0.194. The molecule has 3 heterocycles. The molecule has 33 heavy (non-hydrogen) atoms. The third-order valence-electron chi connectivity index (χ3n) is 6.03. The van der Waals surface area contributed by atoms with Crippen LogP contribution in [-0.4, -0.2) is 76.4 Å². The van der Waals surface area contributed by atoms with Crippen molar-refractivity contribution in [1.29, 1.82) is 0 Å². The Morgan fingerprint density at radius 1 is 1.21 bits per heavy atom. The van der Waals surface area contributed by atoms with Gasteiger partial charge in [0.15, 0.2) is 29.5 Å². The van der Waals surface area contributed by atoms with Gasteiger partial charge in [0.25, 0.3) is 5.60 Å². The lowest BCUT2D eigenvalue weighted by Crippen LogP contribution is -2.53. The smallest absolute Gasteiger partial charge is 0.348 e. The van der Waals surface area contributed by atoms with Crippen molar-refractivity contribution in [2.24, 2.45) is 0 Å². The number of hydrogen-bond acceptors (Lipinski definition) is 9. The highest BCUT2D eigenvalue weighted by atomic mass is 19.1. The van der Waals surface area contributed by atoms with Crippen LogP contribution in [-0.2, 0) is 25.5 Å². The van der Waals surface area contributed by atoms with Crippen LogP contribution in [0.1, 0.15) is 11.8 Å². The average Bonchev–Trinajstić information content (AvgIpc) is 3.05. The van der Waals surface area contributed by atoms with Crippen LogP contribution in [0, 0.1) is 0 Å². The molecule has 5 atom stereocenters. The number of aromatic nitrogens is 4. The lowest BCUT2D eigenvalue weighted by Gasteiger charge is -2.28. The van der Waals surface area contributed by atoms with Crippen LogP contribution in [0.2, 0.25) is 0 Å². The molecule has 172 valence electrons. The van der Waals surface area contributed by atoms with Gasteiger partial charge in [-0.05, 0) is 5.56 Å². The van der Waals surface area contributed by atoms with Crippen LogP contribution in [0.15, 0.2) is 43.0 Å². The molecule has 5 rings (SSSR count). The van der Waals surface area contributed by atoms with E-state index in [1.807, 2.05) is 0 Å². The second kappa shape index (κ2) is 7.16. The van der Waals surface area contributed by atoms with Gasteiger partial charge in [-0.3, -0.25) is 4.57 Å². The standard InChI is InChI=1S/C20H18FN5O7/c21-11-16(26-8-25-10-14(22)23-7-24-15(10)26)32-12-13(20(11,12)31)33-19(17(27)28,18(29)30)6-9-4-2-1-3-5-9/h1-5,7-8,11-13,16,31H,6H2,(H,27,28)(H,29,30)(H2,22,23,24)/t11-,12-,13?,16-,20+/m1/s1. The van der Waals surface area contributed by atoms with Crippen molar-refractivity contribution in [1.82, 2.24) is 19.5 Å². The molecule has 2 aliphatic rings. The average molecular weight is 459 g/mol. The van der Waals surface area contributed by atoms with Crippen LogP contribution < -0.4 is 5.73 Å². The van der Waals surface area contributed by atoms with Crippen molar-refractivity contribution in [3.8, 4) is 0 Å². The second-order valence-electron chi connectivity index (χ2n) is 7.96. The summed E-state index contributed by atoms with van der Waals surface area (Å²) in [5, 5.41) is 30.3. The molecule has 0 spiro atoms. The molecule has 0 radical (unpaired) electrons. The van der Waals surface area contributed by atoms with E-state index in [1.54, 1.807) is 18.2 Å². The molecule has 3 aromatic rings. The molecule has 1 saturated carbocycles. The van der Waals surface area contributed by atoms with Crippen molar-refractivity contribution >= 4 is 28.9 Å². The normalized spacial score (nSPS) is 28.5. The molecular weight excluding hydrogens is 441 g/mol. The summed E-state index contributed by atoms with van der Waals surface area (Å²) in [6.07, 6.45) is -4.43. The fourth-order valence-corrected chi connectivity index (χ4v) is 4.18. The molecule has 5 N–H and O–H groups in total. The Bertz CT molecular complexity index is 1240. The number of benzene rings is 1. The maximum atomic E-state index is 15.4. The molecule has 0 amide bonds.